The standard InChI is InChI=1S/C21H34N2O2Si.BH4.Na/c1-16-5-8-19(22-14-16)17-6-9-20-18(13-17)7-10-21(24)23(20)15-25-11-12-26(2,3)4;;/h6,9,13,16,19,22H,5,7-8,10-12,14-15H2,1-4H3;1H4;/q;-1;+1. The van der Waals surface area contributed by atoms with Crippen molar-refractivity contribution >= 4 is 28.1 Å². The molecule has 2 aliphatic rings. The summed E-state index contributed by atoms with van der Waals surface area (Å²) in [6, 6.07) is 8.22. The van der Waals surface area contributed by atoms with Gasteiger partial charge >= 0.3 is 29.6 Å². The SMILES string of the molecule is CC1CCC(c2ccc3c(c2)CCC(=O)N3COCC[Si](C)(C)C)NC1.[BH4-].[Na+]. The molecule has 1 fully saturated rings. The Kier molecular flexibility index (Phi) is 10.5. The van der Waals surface area contributed by atoms with Crippen LogP contribution in [0.25, 0.3) is 0 Å². The van der Waals surface area contributed by atoms with Crippen molar-refractivity contribution in [3.8, 4) is 0 Å². The third-order valence-corrected chi connectivity index (χ3v) is 7.29. The summed E-state index contributed by atoms with van der Waals surface area (Å²) in [6.45, 7) is 11.6. The number of ether oxygens (including phenoxy) is 1. The van der Waals surface area contributed by atoms with E-state index in [1.54, 1.807) is 0 Å². The zero-order valence-electron chi connectivity index (χ0n) is 17.8. The minimum absolute atomic E-state index is 0. The van der Waals surface area contributed by atoms with Gasteiger partial charge < -0.3 is 10.1 Å². The molecule has 7 heteroatoms. The summed E-state index contributed by atoms with van der Waals surface area (Å²) in [5, 5.41) is 3.67. The molecular weight excluding hydrogens is 374 g/mol. The van der Waals surface area contributed by atoms with Crippen molar-refractivity contribution in [2.75, 3.05) is 24.8 Å². The van der Waals surface area contributed by atoms with Crippen LogP contribution in [-0.2, 0) is 16.0 Å². The topological polar surface area (TPSA) is 41.6 Å². The van der Waals surface area contributed by atoms with Crippen LogP contribution in [0.15, 0.2) is 18.2 Å². The molecule has 0 aromatic heterocycles. The van der Waals surface area contributed by atoms with E-state index in [2.05, 4.69) is 50.1 Å². The third kappa shape index (κ3) is 6.99. The summed E-state index contributed by atoms with van der Waals surface area (Å²) >= 11 is 0. The number of nitrogens with one attached hydrogen (secondary N) is 1. The maximum Gasteiger partial charge on any atom is 1.00 e. The first-order valence-electron chi connectivity index (χ1n) is 10.1. The number of benzene rings is 1. The number of aryl methyl sites for hydroxylation is 1. The van der Waals surface area contributed by atoms with Gasteiger partial charge in [-0.1, -0.05) is 47.1 Å². The van der Waals surface area contributed by atoms with Crippen LogP contribution in [0, 0.1) is 5.92 Å². The molecule has 3 rings (SSSR count). The van der Waals surface area contributed by atoms with Crippen molar-refractivity contribution in [1.29, 1.82) is 0 Å². The minimum Gasteiger partial charge on any atom is -0.361 e. The second-order valence-corrected chi connectivity index (χ2v) is 14.8. The number of carbonyl (C=O) groups excluding carboxylic acids is 1. The molecule has 4 nitrogen and oxygen atoms in total. The Labute approximate surface area is 196 Å². The normalized spacial score (nSPS) is 22.1. The fourth-order valence-electron chi connectivity index (χ4n) is 3.76. The molecule has 0 spiro atoms. The Balaban J connectivity index is 0.00000196. The largest absolute Gasteiger partial charge is 1.00 e. The molecule has 1 N–H and O–H groups in total. The average molecular weight is 412 g/mol. The fraction of sp³-hybridized carbons (Fsp3) is 0.667. The van der Waals surface area contributed by atoms with Gasteiger partial charge in [0.2, 0.25) is 5.91 Å². The number of hydrogen-bond acceptors (Lipinski definition) is 3. The summed E-state index contributed by atoms with van der Waals surface area (Å²) < 4.78 is 5.86. The van der Waals surface area contributed by atoms with Crippen molar-refractivity contribution in [3.63, 3.8) is 0 Å². The van der Waals surface area contributed by atoms with Gasteiger partial charge in [0.25, 0.3) is 0 Å². The number of piperidine rings is 1. The number of carbonyl (C=O) groups is 1. The third-order valence-electron chi connectivity index (χ3n) is 5.58. The van der Waals surface area contributed by atoms with Gasteiger partial charge in [-0.05, 0) is 55.0 Å². The van der Waals surface area contributed by atoms with Crippen LogP contribution < -0.4 is 39.8 Å². The second-order valence-electron chi connectivity index (χ2n) is 9.20. The zero-order valence-corrected chi connectivity index (χ0v) is 20.8. The van der Waals surface area contributed by atoms with E-state index in [-0.39, 0.29) is 43.9 Å². The van der Waals surface area contributed by atoms with Gasteiger partial charge in [-0.3, -0.25) is 9.69 Å². The first-order chi connectivity index (χ1) is 12.3. The van der Waals surface area contributed by atoms with Gasteiger partial charge in [0.15, 0.2) is 0 Å². The molecule has 2 atom stereocenters. The number of amides is 1. The average Bonchev–Trinajstić information content (AvgIpc) is 2.59. The van der Waals surface area contributed by atoms with E-state index in [0.29, 0.717) is 19.2 Å². The van der Waals surface area contributed by atoms with E-state index < -0.39 is 8.07 Å². The first kappa shape index (κ1) is 25.9. The Bertz CT molecular complexity index is 646. The van der Waals surface area contributed by atoms with Crippen LogP contribution in [0.4, 0.5) is 5.69 Å². The number of anilines is 1. The predicted octanol–water partition coefficient (Wildman–Crippen LogP) is -0.109. The van der Waals surface area contributed by atoms with Gasteiger partial charge in [-0.25, -0.2) is 0 Å². The van der Waals surface area contributed by atoms with Crippen LogP contribution in [-0.4, -0.2) is 42.3 Å². The zero-order chi connectivity index (χ0) is 18.7. The summed E-state index contributed by atoms with van der Waals surface area (Å²) in [7, 11) is -1.10. The molecule has 1 aromatic rings. The van der Waals surface area contributed by atoms with Crippen molar-refractivity contribution in [2.45, 2.75) is 64.3 Å². The van der Waals surface area contributed by atoms with Crippen molar-refractivity contribution < 1.29 is 39.1 Å². The van der Waals surface area contributed by atoms with Gasteiger partial charge in [-0.2, -0.15) is 0 Å². The Hall–Kier alpha value is -0.108. The van der Waals surface area contributed by atoms with E-state index in [1.807, 2.05) is 4.90 Å². The number of rotatable bonds is 6. The van der Waals surface area contributed by atoms with Crippen LogP contribution in [0.3, 0.4) is 0 Å². The second kappa shape index (κ2) is 11.3. The quantitative estimate of drug-likeness (QED) is 0.524. The van der Waals surface area contributed by atoms with Crippen LogP contribution in [0.1, 0.15) is 43.4 Å². The molecule has 1 amide bonds. The van der Waals surface area contributed by atoms with Crippen molar-refractivity contribution in [2.24, 2.45) is 5.92 Å². The molecule has 1 saturated heterocycles. The van der Waals surface area contributed by atoms with E-state index in [0.717, 1.165) is 37.2 Å². The molecule has 2 heterocycles. The molecule has 28 heavy (non-hydrogen) atoms. The monoisotopic (exact) mass is 412 g/mol. The Morgan fingerprint density at radius 2 is 1.96 bits per heavy atom. The van der Waals surface area contributed by atoms with E-state index >= 15 is 0 Å². The van der Waals surface area contributed by atoms with E-state index in [4.69, 9.17) is 4.74 Å². The maximum atomic E-state index is 12.4. The van der Waals surface area contributed by atoms with Gasteiger partial charge in [0, 0.05) is 32.8 Å². The Morgan fingerprint density at radius 3 is 2.61 bits per heavy atom. The number of fused-ring (bicyclic) bond motifs is 1. The van der Waals surface area contributed by atoms with E-state index in [1.165, 1.54) is 24.0 Å². The smallest absolute Gasteiger partial charge is 0.361 e. The predicted molar refractivity (Wildman–Crippen MR) is 122 cm³/mol. The van der Waals surface area contributed by atoms with Crippen LogP contribution >= 0.6 is 0 Å². The van der Waals surface area contributed by atoms with Gasteiger partial charge in [0.1, 0.15) is 6.73 Å². The van der Waals surface area contributed by atoms with E-state index in [9.17, 15) is 4.79 Å². The van der Waals surface area contributed by atoms with Gasteiger partial charge in [0.05, 0.1) is 0 Å². The Morgan fingerprint density at radius 1 is 1.21 bits per heavy atom. The number of hydrogen-bond donors (Lipinski definition) is 1. The first-order valence-corrected chi connectivity index (χ1v) is 13.8. The molecule has 0 aliphatic carbocycles. The molecule has 0 radical (unpaired) electrons. The molecular formula is C21H38BN2NaO2Si. The van der Waals surface area contributed by atoms with Crippen molar-refractivity contribution in [3.05, 3.63) is 29.3 Å². The summed E-state index contributed by atoms with van der Waals surface area (Å²) in [4.78, 5) is 14.2. The molecule has 152 valence electrons. The summed E-state index contributed by atoms with van der Waals surface area (Å²) in [6.07, 6.45) is 3.91. The number of nitrogens with zero attached hydrogens (tertiary/aromatic N) is 1. The maximum absolute atomic E-state index is 12.4. The summed E-state index contributed by atoms with van der Waals surface area (Å²) in [5.41, 5.74) is 3.70. The van der Waals surface area contributed by atoms with Crippen LogP contribution in [0.5, 0.6) is 0 Å². The fourth-order valence-corrected chi connectivity index (χ4v) is 4.51. The molecule has 0 bridgehead atoms. The van der Waals surface area contributed by atoms with Crippen molar-refractivity contribution in [1.82, 2.24) is 5.32 Å². The summed E-state index contributed by atoms with van der Waals surface area (Å²) in [5.74, 6) is 0.952. The molecule has 2 aliphatic heterocycles. The molecule has 1 aromatic carbocycles. The van der Waals surface area contributed by atoms with Crippen LogP contribution in [0.2, 0.25) is 25.7 Å². The van der Waals surface area contributed by atoms with Gasteiger partial charge in [-0.15, -0.1) is 0 Å². The molecule has 2 unspecified atom stereocenters. The minimum atomic E-state index is -1.10. The molecule has 0 saturated carbocycles.